The highest BCUT2D eigenvalue weighted by Crippen LogP contribution is 2.28. The molecule has 0 aliphatic heterocycles. The van der Waals surface area contributed by atoms with Crippen LogP contribution in [0.3, 0.4) is 0 Å². The summed E-state index contributed by atoms with van der Waals surface area (Å²) in [7, 11) is 0. The number of nitrogens with zero attached hydrogens (tertiary/aromatic N) is 2. The van der Waals surface area contributed by atoms with Crippen LogP contribution < -0.4 is 21.1 Å². The fraction of sp³-hybridized carbons (Fsp3) is 0.478. The number of nitrogens with one attached hydrogen (secondary N) is 1. The summed E-state index contributed by atoms with van der Waals surface area (Å²) < 4.78 is 0. The van der Waals surface area contributed by atoms with Gasteiger partial charge >= 0.3 is 0 Å². The van der Waals surface area contributed by atoms with Gasteiger partial charge in [0.05, 0.1) is 18.2 Å². The van der Waals surface area contributed by atoms with E-state index in [1.807, 2.05) is 34.6 Å². The summed E-state index contributed by atoms with van der Waals surface area (Å²) in [6.07, 6.45) is 1.87. The van der Waals surface area contributed by atoms with Gasteiger partial charge in [-0.05, 0) is 36.5 Å². The zero-order valence-corrected chi connectivity index (χ0v) is 17.8. The highest BCUT2D eigenvalue weighted by molar-refractivity contribution is 5.98. The van der Waals surface area contributed by atoms with Crippen molar-refractivity contribution in [3.63, 3.8) is 0 Å². The molecule has 0 saturated carbocycles. The minimum absolute atomic E-state index is 0.0629. The highest BCUT2D eigenvalue weighted by atomic mass is 16.2. The van der Waals surface area contributed by atoms with Gasteiger partial charge in [0.15, 0.2) is 0 Å². The first-order valence-corrected chi connectivity index (χ1v) is 9.99. The van der Waals surface area contributed by atoms with E-state index in [2.05, 4.69) is 11.4 Å². The van der Waals surface area contributed by atoms with E-state index in [-0.39, 0.29) is 35.3 Å². The van der Waals surface area contributed by atoms with E-state index in [1.54, 1.807) is 24.3 Å². The van der Waals surface area contributed by atoms with Crippen LogP contribution >= 0.6 is 0 Å². The molecule has 1 amide bonds. The fourth-order valence-corrected chi connectivity index (χ4v) is 2.83. The van der Waals surface area contributed by atoms with Gasteiger partial charge in [-0.1, -0.05) is 46.2 Å². The molecule has 1 atom stereocenters. The van der Waals surface area contributed by atoms with Gasteiger partial charge in [0.2, 0.25) is 5.91 Å². The van der Waals surface area contributed by atoms with E-state index in [4.69, 9.17) is 5.26 Å². The number of amides is 1. The van der Waals surface area contributed by atoms with Gasteiger partial charge in [0.25, 0.3) is 10.9 Å². The average Bonchev–Trinajstić information content (AvgIpc) is 2.69. The van der Waals surface area contributed by atoms with Crippen LogP contribution in [-0.4, -0.2) is 11.9 Å². The third kappa shape index (κ3) is 5.11. The van der Waals surface area contributed by atoms with Crippen LogP contribution in [0.4, 0.5) is 11.4 Å². The number of carbonyl (C=O) groups excluding carboxylic acids is 1. The van der Waals surface area contributed by atoms with E-state index < -0.39 is 10.9 Å². The SMILES string of the molecule is CCCCC(=O)N(Cc1ccc(C#N)cc1)c1c(NC(C)C(C)(C)C)c(=O)c1=O. The third-order valence-corrected chi connectivity index (χ3v) is 5.28. The van der Waals surface area contributed by atoms with E-state index in [9.17, 15) is 14.4 Å². The lowest BCUT2D eigenvalue weighted by Gasteiger charge is -2.32. The molecule has 0 saturated heterocycles. The van der Waals surface area contributed by atoms with Gasteiger partial charge < -0.3 is 10.2 Å². The Morgan fingerprint density at radius 3 is 2.31 bits per heavy atom. The Morgan fingerprint density at radius 2 is 1.79 bits per heavy atom. The number of benzene rings is 1. The van der Waals surface area contributed by atoms with E-state index in [0.717, 1.165) is 12.0 Å². The molecular formula is C23H29N3O3. The van der Waals surface area contributed by atoms with Crippen LogP contribution in [0.15, 0.2) is 33.9 Å². The number of nitriles is 1. The number of carbonyl (C=O) groups is 1. The summed E-state index contributed by atoms with van der Waals surface area (Å²) in [4.78, 5) is 39.0. The topological polar surface area (TPSA) is 90.3 Å². The van der Waals surface area contributed by atoms with Crippen molar-refractivity contribution >= 4 is 17.3 Å². The monoisotopic (exact) mass is 395 g/mol. The van der Waals surface area contributed by atoms with Gasteiger partial charge in [0.1, 0.15) is 11.4 Å². The smallest absolute Gasteiger partial charge is 0.253 e. The van der Waals surface area contributed by atoms with Gasteiger partial charge in [-0.15, -0.1) is 0 Å². The minimum atomic E-state index is -0.632. The van der Waals surface area contributed by atoms with Crippen molar-refractivity contribution in [1.82, 2.24) is 0 Å². The maximum atomic E-state index is 12.9. The molecule has 0 aromatic heterocycles. The maximum absolute atomic E-state index is 12.9. The largest absolute Gasteiger partial charge is 0.377 e. The molecule has 0 spiro atoms. The molecule has 29 heavy (non-hydrogen) atoms. The number of hydrogen-bond donors (Lipinski definition) is 1. The quantitative estimate of drug-likeness (QED) is 0.688. The summed E-state index contributed by atoms with van der Waals surface area (Å²) in [5.74, 6) is -0.185. The molecule has 2 aromatic carbocycles. The van der Waals surface area contributed by atoms with Crippen molar-refractivity contribution in [1.29, 1.82) is 5.26 Å². The number of hydrogen-bond acceptors (Lipinski definition) is 5. The van der Waals surface area contributed by atoms with Crippen LogP contribution in [0.2, 0.25) is 0 Å². The summed E-state index contributed by atoms with van der Waals surface area (Å²) in [6.45, 7) is 10.2. The Hall–Kier alpha value is -2.94. The van der Waals surface area contributed by atoms with Crippen LogP contribution in [0.25, 0.3) is 0 Å². The van der Waals surface area contributed by atoms with Crippen molar-refractivity contribution in [3.05, 3.63) is 55.8 Å². The zero-order chi connectivity index (χ0) is 21.8. The van der Waals surface area contributed by atoms with Gasteiger partial charge in [0, 0.05) is 12.5 Å². The second kappa shape index (κ2) is 9.04. The van der Waals surface area contributed by atoms with E-state index in [0.29, 0.717) is 18.4 Å². The molecular weight excluding hydrogens is 366 g/mol. The highest BCUT2D eigenvalue weighted by Gasteiger charge is 2.32. The fourth-order valence-electron chi connectivity index (χ4n) is 2.83. The van der Waals surface area contributed by atoms with Crippen LogP contribution in [0, 0.1) is 16.7 Å². The molecule has 0 aliphatic carbocycles. The molecule has 0 fully saturated rings. The average molecular weight is 396 g/mol. The molecule has 0 heterocycles. The predicted octanol–water partition coefficient (Wildman–Crippen LogP) is 3.72. The summed E-state index contributed by atoms with van der Waals surface area (Å²) in [6, 6.07) is 8.86. The second-order valence-electron chi connectivity index (χ2n) is 8.51. The summed E-state index contributed by atoms with van der Waals surface area (Å²) >= 11 is 0. The maximum Gasteiger partial charge on any atom is 0.253 e. The predicted molar refractivity (Wildman–Crippen MR) is 116 cm³/mol. The van der Waals surface area contributed by atoms with Crippen LogP contribution in [-0.2, 0) is 11.3 Å². The molecule has 0 radical (unpaired) electrons. The van der Waals surface area contributed by atoms with Crippen LogP contribution in [0.5, 0.6) is 0 Å². The first-order valence-electron chi connectivity index (χ1n) is 9.99. The van der Waals surface area contributed by atoms with Crippen molar-refractivity contribution < 1.29 is 4.79 Å². The number of anilines is 2. The van der Waals surface area contributed by atoms with Gasteiger partial charge in [-0.3, -0.25) is 14.4 Å². The van der Waals surface area contributed by atoms with E-state index in [1.165, 1.54) is 4.90 Å². The van der Waals surface area contributed by atoms with Crippen molar-refractivity contribution in [2.75, 3.05) is 10.2 Å². The molecule has 0 aliphatic rings. The third-order valence-electron chi connectivity index (χ3n) is 5.28. The molecule has 2 aromatic rings. The first kappa shape index (κ1) is 22.4. The molecule has 6 nitrogen and oxygen atoms in total. The Morgan fingerprint density at radius 1 is 1.17 bits per heavy atom. The molecule has 1 N–H and O–H groups in total. The molecule has 0 bridgehead atoms. The normalized spacial score (nSPS) is 12.4. The number of rotatable bonds is 8. The Kier molecular flexibility index (Phi) is 6.97. The Labute approximate surface area is 171 Å². The lowest BCUT2D eigenvalue weighted by molar-refractivity contribution is -0.118. The lowest BCUT2D eigenvalue weighted by Crippen LogP contribution is -2.47. The standard InChI is InChI=1S/C23H29N3O3/c1-6-7-8-18(27)26(14-17-11-9-16(13-24)10-12-17)20-19(21(28)22(20)29)25-15(2)23(3,4)5/h9-12,15,25H,6-8,14H2,1-5H3. The Bertz CT molecular complexity index is 971. The van der Waals surface area contributed by atoms with Gasteiger partial charge in [-0.2, -0.15) is 5.26 Å². The van der Waals surface area contributed by atoms with E-state index >= 15 is 0 Å². The number of unbranched alkanes of at least 4 members (excludes halogenated alkanes) is 1. The second-order valence-corrected chi connectivity index (χ2v) is 8.51. The molecule has 154 valence electrons. The molecule has 2 rings (SSSR count). The first-order chi connectivity index (χ1) is 13.6. The zero-order valence-electron chi connectivity index (χ0n) is 17.8. The molecule has 1 unspecified atom stereocenters. The minimum Gasteiger partial charge on any atom is -0.377 e. The lowest BCUT2D eigenvalue weighted by atomic mass is 9.87. The molecule has 6 heteroatoms. The Balaban J connectivity index is 2.40. The van der Waals surface area contributed by atoms with Crippen molar-refractivity contribution in [3.8, 4) is 6.07 Å². The van der Waals surface area contributed by atoms with Crippen LogP contribution in [0.1, 0.15) is 65.0 Å². The van der Waals surface area contributed by atoms with Crippen molar-refractivity contribution in [2.24, 2.45) is 5.41 Å². The van der Waals surface area contributed by atoms with Gasteiger partial charge in [-0.25, -0.2) is 0 Å². The summed E-state index contributed by atoms with van der Waals surface area (Å²) in [5.41, 5.74) is 0.342. The summed E-state index contributed by atoms with van der Waals surface area (Å²) in [5, 5.41) is 12.1. The van der Waals surface area contributed by atoms with Crippen molar-refractivity contribution in [2.45, 2.75) is 66.5 Å².